The van der Waals surface area contributed by atoms with Crippen LogP contribution >= 0.6 is 0 Å². The molecule has 0 saturated heterocycles. The van der Waals surface area contributed by atoms with E-state index in [2.05, 4.69) is 4.98 Å². The van der Waals surface area contributed by atoms with Gasteiger partial charge in [0.1, 0.15) is 5.56 Å². The van der Waals surface area contributed by atoms with E-state index in [1.807, 2.05) is 42.5 Å². The fraction of sp³-hybridized carbons (Fsp3) is 0.150. The molecule has 0 aliphatic rings. The average molecular weight is 334 g/mol. The van der Waals surface area contributed by atoms with Crippen molar-refractivity contribution in [2.24, 2.45) is 0 Å². The number of aromatic nitrogens is 2. The Hall–Kier alpha value is -3.21. The second kappa shape index (κ2) is 7.13. The van der Waals surface area contributed by atoms with Gasteiger partial charge < -0.3 is 5.11 Å². The van der Waals surface area contributed by atoms with Gasteiger partial charge in [-0.3, -0.25) is 14.3 Å². The van der Waals surface area contributed by atoms with Gasteiger partial charge in [0.05, 0.1) is 0 Å². The van der Waals surface area contributed by atoms with Crippen molar-refractivity contribution in [2.75, 3.05) is 0 Å². The molecule has 1 N–H and O–H groups in total. The largest absolute Gasteiger partial charge is 0.477 e. The minimum absolute atomic E-state index is 0.193. The molecule has 0 bridgehead atoms. The van der Waals surface area contributed by atoms with Crippen molar-refractivity contribution in [3.8, 4) is 5.69 Å². The zero-order chi connectivity index (χ0) is 17.8. The molecule has 3 aromatic rings. The Morgan fingerprint density at radius 2 is 1.84 bits per heavy atom. The smallest absolute Gasteiger partial charge is 0.341 e. The van der Waals surface area contributed by atoms with Gasteiger partial charge in [0, 0.05) is 23.8 Å². The molecule has 5 heteroatoms. The van der Waals surface area contributed by atoms with Gasteiger partial charge in [-0.25, -0.2) is 4.79 Å². The zero-order valence-corrected chi connectivity index (χ0v) is 13.8. The molecule has 0 saturated carbocycles. The standard InChI is InChI=1S/C20H18N2O3/c1-14-11-13-22(19(23)18(14)20(24)25)17-9-6-15(7-10-17)5-8-16-4-2-3-12-21-16/h2-4,6-7,9-13H,5,8H2,1H3,(H,24,25). The lowest BCUT2D eigenvalue weighted by Crippen LogP contribution is -2.26. The van der Waals surface area contributed by atoms with Gasteiger partial charge >= 0.3 is 5.97 Å². The summed E-state index contributed by atoms with van der Waals surface area (Å²) in [6.45, 7) is 1.62. The topological polar surface area (TPSA) is 72.2 Å². The van der Waals surface area contributed by atoms with Gasteiger partial charge in [-0.05, 0) is 61.2 Å². The number of carboxylic acid groups (broad SMARTS) is 1. The van der Waals surface area contributed by atoms with Gasteiger partial charge in [0.25, 0.3) is 5.56 Å². The highest BCUT2D eigenvalue weighted by Gasteiger charge is 2.15. The van der Waals surface area contributed by atoms with Crippen LogP contribution in [0.2, 0.25) is 0 Å². The monoisotopic (exact) mass is 334 g/mol. The van der Waals surface area contributed by atoms with Gasteiger partial charge in [0.15, 0.2) is 0 Å². The Bertz CT molecular complexity index is 945. The molecule has 1 aromatic carbocycles. The van der Waals surface area contributed by atoms with Gasteiger partial charge in [-0.15, -0.1) is 0 Å². The first-order valence-electron chi connectivity index (χ1n) is 8.01. The average Bonchev–Trinajstić information content (AvgIpc) is 2.61. The molecule has 0 radical (unpaired) electrons. The first kappa shape index (κ1) is 16.6. The summed E-state index contributed by atoms with van der Waals surface area (Å²) in [5, 5.41) is 9.22. The van der Waals surface area contributed by atoms with Crippen molar-refractivity contribution in [2.45, 2.75) is 19.8 Å². The minimum Gasteiger partial charge on any atom is -0.477 e. The van der Waals surface area contributed by atoms with Crippen molar-refractivity contribution in [1.82, 2.24) is 9.55 Å². The van der Waals surface area contributed by atoms with Crippen LogP contribution in [0.25, 0.3) is 5.69 Å². The van der Waals surface area contributed by atoms with E-state index in [0.29, 0.717) is 11.3 Å². The van der Waals surface area contributed by atoms with E-state index in [1.165, 1.54) is 4.57 Å². The molecule has 0 amide bonds. The lowest BCUT2D eigenvalue weighted by atomic mass is 10.1. The number of rotatable bonds is 5. The summed E-state index contributed by atoms with van der Waals surface area (Å²) in [5.74, 6) is -1.20. The maximum atomic E-state index is 12.4. The lowest BCUT2D eigenvalue weighted by Gasteiger charge is -2.09. The summed E-state index contributed by atoms with van der Waals surface area (Å²) < 4.78 is 1.36. The highest BCUT2D eigenvalue weighted by atomic mass is 16.4. The van der Waals surface area contributed by atoms with Crippen molar-refractivity contribution in [3.63, 3.8) is 0 Å². The Kier molecular flexibility index (Phi) is 4.75. The zero-order valence-electron chi connectivity index (χ0n) is 13.8. The third-order valence-corrected chi connectivity index (χ3v) is 4.12. The lowest BCUT2D eigenvalue weighted by molar-refractivity contribution is 0.0693. The first-order chi connectivity index (χ1) is 12.1. The van der Waals surface area contributed by atoms with Crippen LogP contribution in [0.4, 0.5) is 0 Å². The van der Waals surface area contributed by atoms with Crippen LogP contribution in [0.1, 0.15) is 27.2 Å². The first-order valence-corrected chi connectivity index (χ1v) is 8.01. The predicted octanol–water partition coefficient (Wildman–Crippen LogP) is 3.02. The van der Waals surface area contributed by atoms with Gasteiger partial charge in [-0.1, -0.05) is 18.2 Å². The van der Waals surface area contributed by atoms with Crippen LogP contribution in [0.15, 0.2) is 65.7 Å². The SMILES string of the molecule is Cc1ccn(-c2ccc(CCc3ccccn3)cc2)c(=O)c1C(=O)O. The maximum absolute atomic E-state index is 12.4. The summed E-state index contributed by atoms with van der Waals surface area (Å²) in [4.78, 5) is 28.0. The molecule has 5 nitrogen and oxygen atoms in total. The predicted molar refractivity (Wildman–Crippen MR) is 95.4 cm³/mol. The minimum atomic E-state index is -1.20. The van der Waals surface area contributed by atoms with Crippen molar-refractivity contribution in [1.29, 1.82) is 0 Å². The number of hydrogen-bond acceptors (Lipinski definition) is 3. The van der Waals surface area contributed by atoms with Crippen molar-refractivity contribution in [3.05, 3.63) is 93.7 Å². The van der Waals surface area contributed by atoms with Crippen LogP contribution < -0.4 is 5.56 Å². The summed E-state index contributed by atoms with van der Waals surface area (Å²) in [5.41, 5.74) is 2.56. The maximum Gasteiger partial charge on any atom is 0.341 e. The van der Waals surface area contributed by atoms with E-state index in [4.69, 9.17) is 0 Å². The molecular weight excluding hydrogens is 316 g/mol. The number of aromatic carboxylic acids is 1. The summed E-state index contributed by atoms with van der Waals surface area (Å²) in [6.07, 6.45) is 5.07. The van der Waals surface area contributed by atoms with E-state index in [1.54, 1.807) is 25.4 Å². The molecular formula is C20H18N2O3. The Morgan fingerprint density at radius 1 is 1.08 bits per heavy atom. The molecule has 2 aromatic heterocycles. The Morgan fingerprint density at radius 3 is 2.48 bits per heavy atom. The summed E-state index contributed by atoms with van der Waals surface area (Å²) in [6, 6.07) is 15.0. The second-order valence-corrected chi connectivity index (χ2v) is 5.84. The number of benzene rings is 1. The van der Waals surface area contributed by atoms with E-state index in [0.717, 1.165) is 24.1 Å². The molecule has 2 heterocycles. The van der Waals surface area contributed by atoms with Crippen molar-refractivity contribution >= 4 is 5.97 Å². The van der Waals surface area contributed by atoms with Crippen molar-refractivity contribution < 1.29 is 9.90 Å². The molecule has 0 unspecified atom stereocenters. The number of carbonyl (C=O) groups is 1. The fourth-order valence-electron chi connectivity index (χ4n) is 2.73. The second-order valence-electron chi connectivity index (χ2n) is 5.84. The molecule has 0 fully saturated rings. The van der Waals surface area contributed by atoms with Crippen LogP contribution in [-0.4, -0.2) is 20.6 Å². The van der Waals surface area contributed by atoms with Crippen LogP contribution in [0, 0.1) is 6.92 Å². The summed E-state index contributed by atoms with van der Waals surface area (Å²) in [7, 11) is 0. The third-order valence-electron chi connectivity index (χ3n) is 4.12. The summed E-state index contributed by atoms with van der Waals surface area (Å²) >= 11 is 0. The molecule has 0 aliphatic carbocycles. The van der Waals surface area contributed by atoms with E-state index >= 15 is 0 Å². The Balaban J connectivity index is 1.82. The van der Waals surface area contributed by atoms with Crippen LogP contribution in [0.3, 0.4) is 0 Å². The molecule has 0 aliphatic heterocycles. The number of aryl methyl sites for hydroxylation is 3. The molecule has 25 heavy (non-hydrogen) atoms. The third kappa shape index (κ3) is 3.66. The molecule has 0 atom stereocenters. The molecule has 126 valence electrons. The molecule has 0 spiro atoms. The normalized spacial score (nSPS) is 10.6. The Labute approximate surface area is 145 Å². The number of carboxylic acids is 1. The highest BCUT2D eigenvalue weighted by Crippen LogP contribution is 2.12. The number of nitrogens with zero attached hydrogens (tertiary/aromatic N) is 2. The quantitative estimate of drug-likeness (QED) is 0.778. The molecule has 3 rings (SSSR count). The number of pyridine rings is 2. The van der Waals surface area contributed by atoms with Crippen LogP contribution in [0.5, 0.6) is 0 Å². The van der Waals surface area contributed by atoms with Gasteiger partial charge in [-0.2, -0.15) is 0 Å². The van der Waals surface area contributed by atoms with E-state index in [9.17, 15) is 14.7 Å². The highest BCUT2D eigenvalue weighted by molar-refractivity contribution is 5.88. The van der Waals surface area contributed by atoms with E-state index < -0.39 is 11.5 Å². The van der Waals surface area contributed by atoms with Crippen LogP contribution in [-0.2, 0) is 12.8 Å². The van der Waals surface area contributed by atoms with Gasteiger partial charge in [0.2, 0.25) is 0 Å². The fourth-order valence-corrected chi connectivity index (χ4v) is 2.73. The number of hydrogen-bond donors (Lipinski definition) is 1. The van der Waals surface area contributed by atoms with E-state index in [-0.39, 0.29) is 5.56 Å².